The maximum atomic E-state index is 11.8. The number of carbonyl (C=O) groups is 2. The van der Waals surface area contributed by atoms with Crippen molar-refractivity contribution in [3.63, 3.8) is 0 Å². The first-order valence-electron chi connectivity index (χ1n) is 6.59. The van der Waals surface area contributed by atoms with Crippen LogP contribution in [-0.2, 0) is 11.2 Å². The van der Waals surface area contributed by atoms with Gasteiger partial charge in [0.15, 0.2) is 0 Å². The molecule has 1 fully saturated rings. The van der Waals surface area contributed by atoms with Crippen molar-refractivity contribution in [2.75, 3.05) is 16.8 Å². The van der Waals surface area contributed by atoms with Gasteiger partial charge in [0, 0.05) is 17.5 Å². The van der Waals surface area contributed by atoms with Crippen molar-refractivity contribution in [3.05, 3.63) is 29.8 Å². The topological polar surface area (TPSA) is 78.4 Å². The summed E-state index contributed by atoms with van der Waals surface area (Å²) in [4.78, 5) is 22.4. The minimum atomic E-state index is -0.863. The number of anilines is 1. The molecule has 1 aromatic rings. The summed E-state index contributed by atoms with van der Waals surface area (Å²) in [5.74, 6) is 1.27. The minimum Gasteiger partial charge on any atom is -0.481 e. The highest BCUT2D eigenvalue weighted by molar-refractivity contribution is 7.99. The number of carboxylic acids is 1. The van der Waals surface area contributed by atoms with E-state index in [2.05, 4.69) is 10.6 Å². The summed E-state index contributed by atoms with van der Waals surface area (Å²) in [6, 6.07) is 6.88. The Bertz CT molecular complexity index is 470. The van der Waals surface area contributed by atoms with Gasteiger partial charge in [-0.25, -0.2) is 4.79 Å². The molecular formula is C14H18N2O3S. The lowest BCUT2D eigenvalue weighted by Gasteiger charge is -2.22. The molecular weight excluding hydrogens is 276 g/mol. The number of carbonyl (C=O) groups excluding carboxylic acids is 1. The second-order valence-electron chi connectivity index (χ2n) is 4.78. The molecule has 3 N–H and O–H groups in total. The molecule has 1 aliphatic heterocycles. The summed E-state index contributed by atoms with van der Waals surface area (Å²) in [6.07, 6.45) is 2.16. The van der Waals surface area contributed by atoms with Crippen LogP contribution in [0.15, 0.2) is 24.3 Å². The van der Waals surface area contributed by atoms with Crippen molar-refractivity contribution in [2.45, 2.75) is 25.3 Å². The Kier molecular flexibility index (Phi) is 5.29. The van der Waals surface area contributed by atoms with Crippen molar-refractivity contribution in [3.8, 4) is 0 Å². The highest BCUT2D eigenvalue weighted by atomic mass is 32.2. The number of amides is 2. The predicted octanol–water partition coefficient (Wildman–Crippen LogP) is 2.33. The van der Waals surface area contributed by atoms with Gasteiger partial charge in [0.2, 0.25) is 0 Å². The van der Waals surface area contributed by atoms with Crippen LogP contribution in [0, 0.1) is 0 Å². The normalized spacial score (nSPS) is 18.3. The summed E-state index contributed by atoms with van der Waals surface area (Å²) in [5, 5.41) is 14.4. The SMILES string of the molecule is O=C(O)Cc1ccc(NC(=O)NC2CCCSC2)cc1. The molecule has 6 heteroatoms. The van der Waals surface area contributed by atoms with Gasteiger partial charge in [-0.15, -0.1) is 0 Å². The Morgan fingerprint density at radius 2 is 2.05 bits per heavy atom. The van der Waals surface area contributed by atoms with Gasteiger partial charge in [0.1, 0.15) is 0 Å². The molecule has 1 heterocycles. The monoisotopic (exact) mass is 294 g/mol. The molecule has 0 radical (unpaired) electrons. The van der Waals surface area contributed by atoms with E-state index in [1.54, 1.807) is 24.3 Å². The van der Waals surface area contributed by atoms with Crippen LogP contribution in [0.1, 0.15) is 18.4 Å². The van der Waals surface area contributed by atoms with Crippen LogP contribution in [0.4, 0.5) is 10.5 Å². The quantitative estimate of drug-likeness (QED) is 0.796. The first kappa shape index (κ1) is 14.7. The maximum absolute atomic E-state index is 11.8. The summed E-state index contributed by atoms with van der Waals surface area (Å²) in [5.41, 5.74) is 1.38. The largest absolute Gasteiger partial charge is 0.481 e. The van der Waals surface area contributed by atoms with Crippen LogP contribution in [0.3, 0.4) is 0 Å². The molecule has 0 spiro atoms. The van der Waals surface area contributed by atoms with Crippen LogP contribution in [0.2, 0.25) is 0 Å². The van der Waals surface area contributed by atoms with E-state index in [4.69, 9.17) is 5.11 Å². The minimum absolute atomic E-state index is 0.00816. The van der Waals surface area contributed by atoms with E-state index in [9.17, 15) is 9.59 Å². The molecule has 0 bridgehead atoms. The summed E-state index contributed by atoms with van der Waals surface area (Å²) >= 11 is 1.86. The number of carboxylic acid groups (broad SMARTS) is 1. The third kappa shape index (κ3) is 4.77. The smallest absolute Gasteiger partial charge is 0.319 e. The van der Waals surface area contributed by atoms with Crippen LogP contribution < -0.4 is 10.6 Å². The Hall–Kier alpha value is -1.69. The molecule has 1 saturated heterocycles. The first-order valence-corrected chi connectivity index (χ1v) is 7.75. The van der Waals surface area contributed by atoms with Gasteiger partial charge in [-0.05, 0) is 36.3 Å². The zero-order chi connectivity index (χ0) is 14.4. The fourth-order valence-electron chi connectivity index (χ4n) is 2.09. The number of benzene rings is 1. The summed E-state index contributed by atoms with van der Waals surface area (Å²) in [6.45, 7) is 0. The van der Waals surface area contributed by atoms with E-state index in [0.29, 0.717) is 11.3 Å². The van der Waals surface area contributed by atoms with E-state index in [-0.39, 0.29) is 18.5 Å². The number of hydrogen-bond acceptors (Lipinski definition) is 3. The molecule has 108 valence electrons. The lowest BCUT2D eigenvalue weighted by molar-refractivity contribution is -0.136. The number of thioether (sulfide) groups is 1. The number of aliphatic carboxylic acids is 1. The van der Waals surface area contributed by atoms with Gasteiger partial charge in [-0.2, -0.15) is 11.8 Å². The third-order valence-electron chi connectivity index (χ3n) is 3.06. The van der Waals surface area contributed by atoms with Gasteiger partial charge in [-0.1, -0.05) is 12.1 Å². The van der Waals surface area contributed by atoms with Gasteiger partial charge < -0.3 is 15.7 Å². The number of urea groups is 1. The molecule has 2 rings (SSSR count). The number of rotatable bonds is 4. The lowest BCUT2D eigenvalue weighted by Crippen LogP contribution is -2.40. The van der Waals surface area contributed by atoms with Gasteiger partial charge in [0.05, 0.1) is 6.42 Å². The van der Waals surface area contributed by atoms with Crippen molar-refractivity contribution in [1.29, 1.82) is 0 Å². The molecule has 2 amide bonds. The predicted molar refractivity (Wildman–Crippen MR) is 80.3 cm³/mol. The van der Waals surface area contributed by atoms with Gasteiger partial charge >= 0.3 is 12.0 Å². The van der Waals surface area contributed by atoms with Crippen molar-refractivity contribution in [2.24, 2.45) is 0 Å². The molecule has 5 nitrogen and oxygen atoms in total. The van der Waals surface area contributed by atoms with Crippen molar-refractivity contribution in [1.82, 2.24) is 5.32 Å². The standard InChI is InChI=1S/C14H18N2O3S/c17-13(18)8-10-3-5-11(6-4-10)15-14(19)16-12-2-1-7-20-9-12/h3-6,12H,1-2,7-9H2,(H,17,18)(H2,15,16,19). The van der Waals surface area contributed by atoms with Crippen LogP contribution in [0.25, 0.3) is 0 Å². The number of nitrogens with one attached hydrogen (secondary N) is 2. The van der Waals surface area contributed by atoms with Crippen LogP contribution >= 0.6 is 11.8 Å². The summed E-state index contributed by atoms with van der Waals surface area (Å²) < 4.78 is 0. The van der Waals surface area contributed by atoms with Gasteiger partial charge in [-0.3, -0.25) is 4.79 Å². The molecule has 20 heavy (non-hydrogen) atoms. The van der Waals surface area contributed by atoms with E-state index in [1.807, 2.05) is 11.8 Å². The molecule has 0 aromatic heterocycles. The first-order chi connectivity index (χ1) is 9.63. The molecule has 1 atom stereocenters. The van der Waals surface area contributed by atoms with Crippen LogP contribution in [0.5, 0.6) is 0 Å². The Morgan fingerprint density at radius 1 is 1.30 bits per heavy atom. The van der Waals surface area contributed by atoms with E-state index >= 15 is 0 Å². The highest BCUT2D eigenvalue weighted by Crippen LogP contribution is 2.17. The number of hydrogen-bond donors (Lipinski definition) is 3. The Morgan fingerprint density at radius 3 is 2.65 bits per heavy atom. The Balaban J connectivity index is 1.82. The molecule has 0 aliphatic carbocycles. The second kappa shape index (κ2) is 7.19. The average molecular weight is 294 g/mol. The van der Waals surface area contributed by atoms with Crippen molar-refractivity contribution < 1.29 is 14.7 Å². The van der Waals surface area contributed by atoms with E-state index in [1.165, 1.54) is 5.75 Å². The highest BCUT2D eigenvalue weighted by Gasteiger charge is 2.15. The van der Waals surface area contributed by atoms with E-state index < -0.39 is 5.97 Å². The van der Waals surface area contributed by atoms with Crippen LogP contribution in [-0.4, -0.2) is 34.7 Å². The fourth-order valence-corrected chi connectivity index (χ4v) is 3.16. The summed E-state index contributed by atoms with van der Waals surface area (Å²) in [7, 11) is 0. The molecule has 0 saturated carbocycles. The van der Waals surface area contributed by atoms with Gasteiger partial charge in [0.25, 0.3) is 0 Å². The molecule has 1 unspecified atom stereocenters. The van der Waals surface area contributed by atoms with Crippen molar-refractivity contribution >= 4 is 29.4 Å². The van der Waals surface area contributed by atoms with E-state index in [0.717, 1.165) is 18.6 Å². The average Bonchev–Trinajstić information content (AvgIpc) is 2.41. The second-order valence-corrected chi connectivity index (χ2v) is 5.93. The lowest BCUT2D eigenvalue weighted by atomic mass is 10.1. The maximum Gasteiger partial charge on any atom is 0.319 e. The fraction of sp³-hybridized carbons (Fsp3) is 0.429. The molecule has 1 aliphatic rings. The third-order valence-corrected chi connectivity index (χ3v) is 4.28. The molecule has 1 aromatic carbocycles. The zero-order valence-electron chi connectivity index (χ0n) is 11.1. The Labute approximate surface area is 122 Å². The zero-order valence-corrected chi connectivity index (χ0v) is 11.9.